The van der Waals surface area contributed by atoms with Gasteiger partial charge in [0.2, 0.25) is 5.95 Å². The van der Waals surface area contributed by atoms with Crippen LogP contribution in [0.3, 0.4) is 0 Å². The third kappa shape index (κ3) is 4.10. The van der Waals surface area contributed by atoms with Crippen molar-refractivity contribution in [2.24, 2.45) is 0 Å². The first kappa shape index (κ1) is 22.3. The van der Waals surface area contributed by atoms with E-state index in [0.29, 0.717) is 34.6 Å². The molecule has 1 aliphatic heterocycles. The highest BCUT2D eigenvalue weighted by molar-refractivity contribution is 7.84. The number of carbonyl (C=O) groups excluding carboxylic acids is 1. The Morgan fingerprint density at radius 2 is 1.79 bits per heavy atom. The lowest BCUT2D eigenvalue weighted by Crippen LogP contribution is -2.46. The van der Waals surface area contributed by atoms with Crippen LogP contribution in [0.5, 0.6) is 0 Å². The van der Waals surface area contributed by atoms with Gasteiger partial charge >= 0.3 is 0 Å². The van der Waals surface area contributed by atoms with Gasteiger partial charge < -0.3 is 10.2 Å². The largest absolute Gasteiger partial charge is 0.336 e. The van der Waals surface area contributed by atoms with Gasteiger partial charge in [0.1, 0.15) is 11.6 Å². The van der Waals surface area contributed by atoms with Gasteiger partial charge in [-0.1, -0.05) is 6.07 Å². The Morgan fingerprint density at radius 3 is 2.47 bits per heavy atom. The monoisotopic (exact) mass is 481 g/mol. The minimum atomic E-state index is -1.28. The molecule has 174 valence electrons. The molecule has 34 heavy (non-hydrogen) atoms. The van der Waals surface area contributed by atoms with Gasteiger partial charge in [-0.25, -0.2) is 18.7 Å². The number of rotatable bonds is 4. The molecule has 5 rings (SSSR count). The second kappa shape index (κ2) is 9.03. The van der Waals surface area contributed by atoms with Crippen LogP contribution in [0, 0.1) is 11.6 Å². The first-order valence-electron chi connectivity index (χ1n) is 10.7. The van der Waals surface area contributed by atoms with E-state index in [1.54, 1.807) is 40.1 Å². The molecule has 1 aliphatic rings. The number of benzene rings is 2. The smallest absolute Gasteiger partial charge is 0.254 e. The fraction of sp³-hybridized carbons (Fsp3) is 0.208. The van der Waals surface area contributed by atoms with Gasteiger partial charge in [0, 0.05) is 79.2 Å². The highest BCUT2D eigenvalue weighted by Crippen LogP contribution is 2.28. The maximum absolute atomic E-state index is 14.2. The van der Waals surface area contributed by atoms with Crippen LogP contribution in [0.15, 0.2) is 59.9 Å². The fourth-order valence-electron chi connectivity index (χ4n) is 4.08. The van der Waals surface area contributed by atoms with Gasteiger partial charge in [-0.3, -0.25) is 13.6 Å². The zero-order chi connectivity index (χ0) is 23.8. The molecular weight excluding hydrogens is 460 g/mol. The SMILES string of the molecule is CS(=O)c1cn(-c2ncc(-c3ccc(F)cc3F)cn2)c2cc(C(=O)N3CCNCC3)ccc12. The molecule has 1 N–H and O–H groups in total. The summed E-state index contributed by atoms with van der Waals surface area (Å²) in [5.41, 5.74) is 1.75. The van der Waals surface area contributed by atoms with Crippen LogP contribution < -0.4 is 5.32 Å². The maximum atomic E-state index is 14.2. The quantitative estimate of drug-likeness (QED) is 0.485. The minimum absolute atomic E-state index is 0.0710. The van der Waals surface area contributed by atoms with Gasteiger partial charge in [-0.15, -0.1) is 0 Å². The molecule has 0 radical (unpaired) electrons. The number of carbonyl (C=O) groups is 1. The lowest BCUT2D eigenvalue weighted by Gasteiger charge is -2.27. The van der Waals surface area contributed by atoms with Crippen LogP contribution in [0.4, 0.5) is 8.78 Å². The molecule has 4 aromatic rings. The number of aromatic nitrogens is 3. The van der Waals surface area contributed by atoms with Crippen LogP contribution in [-0.2, 0) is 10.8 Å². The van der Waals surface area contributed by atoms with E-state index >= 15 is 0 Å². The molecule has 0 spiro atoms. The van der Waals surface area contributed by atoms with Crippen molar-refractivity contribution in [1.82, 2.24) is 24.8 Å². The predicted molar refractivity (Wildman–Crippen MR) is 125 cm³/mol. The molecule has 0 aliphatic carbocycles. The number of hydrogen-bond acceptors (Lipinski definition) is 5. The van der Waals surface area contributed by atoms with E-state index in [0.717, 1.165) is 24.5 Å². The van der Waals surface area contributed by atoms with Crippen molar-refractivity contribution < 1.29 is 17.8 Å². The zero-order valence-electron chi connectivity index (χ0n) is 18.3. The average Bonchev–Trinajstić information content (AvgIpc) is 3.23. The molecule has 10 heteroatoms. The summed E-state index contributed by atoms with van der Waals surface area (Å²) in [6.45, 7) is 2.76. The van der Waals surface area contributed by atoms with Crippen molar-refractivity contribution >= 4 is 27.6 Å². The third-order valence-electron chi connectivity index (χ3n) is 5.83. The van der Waals surface area contributed by atoms with Crippen molar-refractivity contribution in [3.05, 3.63) is 72.2 Å². The number of nitrogens with one attached hydrogen (secondary N) is 1. The summed E-state index contributed by atoms with van der Waals surface area (Å²) >= 11 is 0. The number of halogens is 2. The molecule has 2 aromatic carbocycles. The van der Waals surface area contributed by atoms with Crippen molar-refractivity contribution in [3.63, 3.8) is 0 Å². The summed E-state index contributed by atoms with van der Waals surface area (Å²) in [7, 11) is -1.28. The minimum Gasteiger partial charge on any atom is -0.336 e. The van der Waals surface area contributed by atoms with Crippen LogP contribution in [0.2, 0.25) is 0 Å². The Hall–Kier alpha value is -3.50. The number of hydrogen-bond donors (Lipinski definition) is 1. The summed E-state index contributed by atoms with van der Waals surface area (Å²) in [6.07, 6.45) is 6.17. The molecule has 1 unspecified atom stereocenters. The number of piperazine rings is 1. The fourth-order valence-corrected chi connectivity index (χ4v) is 4.82. The molecule has 1 amide bonds. The van der Waals surface area contributed by atoms with E-state index in [4.69, 9.17) is 0 Å². The van der Waals surface area contributed by atoms with Gasteiger partial charge in [0.25, 0.3) is 5.91 Å². The summed E-state index contributed by atoms with van der Waals surface area (Å²) in [4.78, 5) is 24.1. The topological polar surface area (TPSA) is 80.1 Å². The summed E-state index contributed by atoms with van der Waals surface area (Å²) < 4.78 is 41.5. The van der Waals surface area contributed by atoms with E-state index in [1.807, 2.05) is 0 Å². The summed E-state index contributed by atoms with van der Waals surface area (Å²) in [5, 5.41) is 3.96. The van der Waals surface area contributed by atoms with Crippen LogP contribution in [0.1, 0.15) is 10.4 Å². The molecule has 7 nitrogen and oxygen atoms in total. The molecular formula is C24H21F2N5O2S. The van der Waals surface area contributed by atoms with Crippen molar-refractivity contribution in [2.45, 2.75) is 4.90 Å². The standard InChI is InChI=1S/C24H21F2N5O2S/c1-34(33)22-14-31(24-28-12-16(13-29-24)18-5-3-17(25)11-20(18)26)21-10-15(2-4-19(21)22)23(32)30-8-6-27-7-9-30/h2-5,10-14,27H,6-9H2,1H3. The Labute approximate surface area is 196 Å². The Bertz CT molecular complexity index is 1420. The molecule has 2 aromatic heterocycles. The predicted octanol–water partition coefficient (Wildman–Crippen LogP) is 3.15. The molecule has 1 saturated heterocycles. The van der Waals surface area contributed by atoms with E-state index in [9.17, 15) is 17.8 Å². The van der Waals surface area contributed by atoms with Crippen molar-refractivity contribution in [1.29, 1.82) is 0 Å². The van der Waals surface area contributed by atoms with Gasteiger partial charge in [-0.2, -0.15) is 0 Å². The summed E-state index contributed by atoms with van der Waals surface area (Å²) in [6, 6.07) is 8.61. The van der Waals surface area contributed by atoms with Crippen LogP contribution in [-0.4, -0.2) is 62.0 Å². The first-order chi connectivity index (χ1) is 16.4. The number of fused-ring (bicyclic) bond motifs is 1. The lowest BCUT2D eigenvalue weighted by atomic mass is 10.1. The normalized spacial score (nSPS) is 15.0. The van der Waals surface area contributed by atoms with Gasteiger partial charge in [-0.05, 0) is 24.3 Å². The highest BCUT2D eigenvalue weighted by Gasteiger charge is 2.21. The van der Waals surface area contributed by atoms with Crippen molar-refractivity contribution in [2.75, 3.05) is 32.4 Å². The van der Waals surface area contributed by atoms with Crippen LogP contribution in [0.25, 0.3) is 28.0 Å². The number of amides is 1. The molecule has 1 fully saturated rings. The summed E-state index contributed by atoms with van der Waals surface area (Å²) in [5.74, 6) is -1.16. The van der Waals surface area contributed by atoms with E-state index in [2.05, 4.69) is 15.3 Å². The van der Waals surface area contributed by atoms with Gasteiger partial charge in [0.15, 0.2) is 0 Å². The van der Waals surface area contributed by atoms with E-state index < -0.39 is 22.4 Å². The van der Waals surface area contributed by atoms with E-state index in [-0.39, 0.29) is 17.4 Å². The Kier molecular flexibility index (Phi) is 5.93. The van der Waals surface area contributed by atoms with Gasteiger partial charge in [0.05, 0.1) is 21.2 Å². The zero-order valence-corrected chi connectivity index (χ0v) is 19.1. The van der Waals surface area contributed by atoms with Crippen molar-refractivity contribution in [3.8, 4) is 17.1 Å². The van der Waals surface area contributed by atoms with Crippen LogP contribution >= 0.6 is 0 Å². The highest BCUT2D eigenvalue weighted by atomic mass is 32.2. The average molecular weight is 482 g/mol. The number of nitrogens with zero attached hydrogens (tertiary/aromatic N) is 4. The Morgan fingerprint density at radius 1 is 1.06 bits per heavy atom. The second-order valence-corrected chi connectivity index (χ2v) is 9.34. The molecule has 1 atom stereocenters. The first-order valence-corrected chi connectivity index (χ1v) is 12.2. The Balaban J connectivity index is 1.56. The molecule has 0 saturated carbocycles. The maximum Gasteiger partial charge on any atom is 0.254 e. The molecule has 3 heterocycles. The van der Waals surface area contributed by atoms with E-state index in [1.165, 1.54) is 24.5 Å². The third-order valence-corrected chi connectivity index (χ3v) is 6.77. The second-order valence-electron chi connectivity index (χ2n) is 7.99. The lowest BCUT2D eigenvalue weighted by molar-refractivity contribution is 0.0736. The molecule has 0 bridgehead atoms.